The van der Waals surface area contributed by atoms with Crippen LogP contribution in [0.15, 0.2) is 91.3 Å². The Labute approximate surface area is 225 Å². The third-order valence-corrected chi connectivity index (χ3v) is 7.32. The Kier molecular flexibility index (Phi) is 6.48. The number of rotatable bonds is 6. The van der Waals surface area contributed by atoms with Crippen LogP contribution in [0.1, 0.15) is 23.5 Å². The van der Waals surface area contributed by atoms with E-state index >= 15 is 0 Å². The molecule has 2 aliphatic heterocycles. The van der Waals surface area contributed by atoms with Crippen LogP contribution in [0.4, 0.5) is 17.1 Å². The molecule has 4 heterocycles. The van der Waals surface area contributed by atoms with Crippen LogP contribution in [0.25, 0.3) is 5.69 Å². The van der Waals surface area contributed by atoms with Crippen molar-refractivity contribution >= 4 is 34.4 Å². The lowest BCUT2D eigenvalue weighted by Crippen LogP contribution is -2.36. The van der Waals surface area contributed by atoms with E-state index in [0.717, 1.165) is 49.1 Å². The van der Waals surface area contributed by atoms with Crippen molar-refractivity contribution in [3.05, 3.63) is 113 Å². The maximum absolute atomic E-state index is 11.5. The molecule has 10 heteroatoms. The van der Waals surface area contributed by atoms with Gasteiger partial charge in [0.25, 0.3) is 5.69 Å². The topological polar surface area (TPSA) is 88.7 Å². The van der Waals surface area contributed by atoms with E-state index in [1.54, 1.807) is 18.3 Å². The first kappa shape index (κ1) is 24.1. The van der Waals surface area contributed by atoms with Crippen LogP contribution in [-0.4, -0.2) is 45.9 Å². The fourth-order valence-electron chi connectivity index (χ4n) is 5.21. The standard InChI is InChI=1S/C28H26N6O3S/c35-34(36)23-6-3-5-22(19-23)32-14-4-8-25(32)27-26(24-7-1-2-13-29-24)30-28(38)33(27)21-11-9-20(10-12-21)31-15-17-37-18-16-31/h1-14,19,26-27H,15-18H2,(H,30,38)/t26-,27-/m0/s1. The fraction of sp³-hybridized carbons (Fsp3) is 0.214. The first-order valence-corrected chi connectivity index (χ1v) is 12.9. The van der Waals surface area contributed by atoms with Crippen molar-refractivity contribution in [3.8, 4) is 5.69 Å². The van der Waals surface area contributed by atoms with Crippen molar-refractivity contribution in [1.82, 2.24) is 14.9 Å². The number of nitro benzene ring substituents is 1. The number of ether oxygens (including phenoxy) is 1. The third kappa shape index (κ3) is 4.48. The fourth-order valence-corrected chi connectivity index (χ4v) is 5.55. The number of hydrogen-bond donors (Lipinski definition) is 1. The maximum atomic E-state index is 11.5. The van der Waals surface area contributed by atoms with Crippen LogP contribution in [0, 0.1) is 10.1 Å². The summed E-state index contributed by atoms with van der Waals surface area (Å²) in [6, 6.07) is 24.4. The molecule has 6 rings (SSSR count). The molecular formula is C28H26N6O3S. The minimum Gasteiger partial charge on any atom is -0.378 e. The molecule has 0 aliphatic carbocycles. The van der Waals surface area contributed by atoms with Crippen molar-refractivity contribution < 1.29 is 9.66 Å². The van der Waals surface area contributed by atoms with Crippen molar-refractivity contribution in [3.63, 3.8) is 0 Å². The number of hydrogen-bond acceptors (Lipinski definition) is 6. The average Bonchev–Trinajstić information content (AvgIpc) is 3.58. The van der Waals surface area contributed by atoms with Gasteiger partial charge in [-0.2, -0.15) is 0 Å². The minimum atomic E-state index is -0.377. The highest BCUT2D eigenvalue weighted by atomic mass is 32.1. The predicted molar refractivity (Wildman–Crippen MR) is 150 cm³/mol. The van der Waals surface area contributed by atoms with Gasteiger partial charge in [-0.3, -0.25) is 15.1 Å². The Morgan fingerprint density at radius 3 is 2.47 bits per heavy atom. The normalized spacial score (nSPS) is 19.4. The Hall–Kier alpha value is -4.28. The third-order valence-electron chi connectivity index (χ3n) is 7.00. The molecule has 9 nitrogen and oxygen atoms in total. The quantitative estimate of drug-likeness (QED) is 0.218. The molecule has 0 amide bonds. The second-order valence-corrected chi connectivity index (χ2v) is 9.58. The zero-order valence-corrected chi connectivity index (χ0v) is 21.3. The van der Waals surface area contributed by atoms with E-state index in [2.05, 4.69) is 44.4 Å². The summed E-state index contributed by atoms with van der Waals surface area (Å²) >= 11 is 5.89. The number of morpholine rings is 1. The van der Waals surface area contributed by atoms with E-state index in [1.165, 1.54) is 6.07 Å². The van der Waals surface area contributed by atoms with E-state index in [0.29, 0.717) is 10.8 Å². The van der Waals surface area contributed by atoms with Crippen molar-refractivity contribution in [1.29, 1.82) is 0 Å². The number of non-ortho nitro benzene ring substituents is 1. The molecule has 2 saturated heterocycles. The van der Waals surface area contributed by atoms with Crippen LogP contribution in [-0.2, 0) is 4.74 Å². The van der Waals surface area contributed by atoms with Crippen LogP contribution in [0.3, 0.4) is 0 Å². The molecule has 2 fully saturated rings. The summed E-state index contributed by atoms with van der Waals surface area (Å²) in [5, 5.41) is 15.5. The summed E-state index contributed by atoms with van der Waals surface area (Å²) < 4.78 is 7.48. The molecule has 4 aromatic rings. The van der Waals surface area contributed by atoms with E-state index in [9.17, 15) is 10.1 Å². The monoisotopic (exact) mass is 526 g/mol. The van der Waals surface area contributed by atoms with Gasteiger partial charge in [-0.1, -0.05) is 12.1 Å². The molecule has 0 unspecified atom stereocenters. The molecule has 1 N–H and O–H groups in total. The average molecular weight is 527 g/mol. The lowest BCUT2D eigenvalue weighted by molar-refractivity contribution is -0.384. The van der Waals surface area contributed by atoms with Gasteiger partial charge in [-0.25, -0.2) is 0 Å². The number of benzene rings is 2. The number of thiocarbonyl (C=S) groups is 1. The molecule has 2 atom stereocenters. The lowest BCUT2D eigenvalue weighted by atomic mass is 10.0. The van der Waals surface area contributed by atoms with Crippen molar-refractivity contribution in [2.75, 3.05) is 36.1 Å². The highest BCUT2D eigenvalue weighted by molar-refractivity contribution is 7.80. The summed E-state index contributed by atoms with van der Waals surface area (Å²) in [5.41, 5.74) is 4.64. The Bertz CT molecular complexity index is 1450. The Balaban J connectivity index is 1.42. The van der Waals surface area contributed by atoms with Gasteiger partial charge in [0, 0.05) is 54.7 Å². The van der Waals surface area contributed by atoms with Crippen molar-refractivity contribution in [2.45, 2.75) is 12.1 Å². The zero-order valence-electron chi connectivity index (χ0n) is 20.5. The maximum Gasteiger partial charge on any atom is 0.271 e. The molecule has 2 aliphatic rings. The number of nitrogens with zero attached hydrogens (tertiary/aromatic N) is 5. The lowest BCUT2D eigenvalue weighted by Gasteiger charge is -2.31. The van der Waals surface area contributed by atoms with E-state index < -0.39 is 0 Å². The molecule has 192 valence electrons. The van der Waals surface area contributed by atoms with Gasteiger partial charge < -0.3 is 24.4 Å². The van der Waals surface area contributed by atoms with Gasteiger partial charge in [0.2, 0.25) is 0 Å². The summed E-state index contributed by atoms with van der Waals surface area (Å²) in [7, 11) is 0. The molecule has 2 aromatic carbocycles. The number of aromatic nitrogens is 2. The molecule has 0 radical (unpaired) electrons. The molecule has 0 saturated carbocycles. The van der Waals surface area contributed by atoms with Gasteiger partial charge in [0.05, 0.1) is 35.6 Å². The predicted octanol–water partition coefficient (Wildman–Crippen LogP) is 4.79. The largest absolute Gasteiger partial charge is 0.378 e. The summed E-state index contributed by atoms with van der Waals surface area (Å²) in [6.45, 7) is 3.18. The van der Waals surface area contributed by atoms with Gasteiger partial charge in [0.1, 0.15) is 6.04 Å². The van der Waals surface area contributed by atoms with Crippen LogP contribution < -0.4 is 15.1 Å². The van der Waals surface area contributed by atoms with Crippen LogP contribution in [0.2, 0.25) is 0 Å². The van der Waals surface area contributed by atoms with Gasteiger partial charge in [-0.05, 0) is 66.8 Å². The second kappa shape index (κ2) is 10.2. The van der Waals surface area contributed by atoms with E-state index in [4.69, 9.17) is 17.0 Å². The Morgan fingerprint density at radius 2 is 1.74 bits per heavy atom. The van der Waals surface area contributed by atoms with Gasteiger partial charge in [-0.15, -0.1) is 0 Å². The highest BCUT2D eigenvalue weighted by Crippen LogP contribution is 2.42. The molecule has 38 heavy (non-hydrogen) atoms. The smallest absolute Gasteiger partial charge is 0.271 e. The van der Waals surface area contributed by atoms with Crippen LogP contribution in [0.5, 0.6) is 0 Å². The molecule has 0 spiro atoms. The van der Waals surface area contributed by atoms with Gasteiger partial charge in [0.15, 0.2) is 5.11 Å². The number of nitro groups is 1. The summed E-state index contributed by atoms with van der Waals surface area (Å²) in [6.07, 6.45) is 3.70. The van der Waals surface area contributed by atoms with E-state index in [-0.39, 0.29) is 22.7 Å². The SMILES string of the molecule is O=[N+]([O-])c1cccc(-n2cccc2[C@H]2[C@H](c3ccccn3)NC(=S)N2c2ccc(N3CCOCC3)cc2)c1. The molecule has 0 bridgehead atoms. The summed E-state index contributed by atoms with van der Waals surface area (Å²) in [4.78, 5) is 20.1. The highest BCUT2D eigenvalue weighted by Gasteiger charge is 2.42. The number of nitrogens with one attached hydrogen (secondary N) is 1. The summed E-state index contributed by atoms with van der Waals surface area (Å²) in [5.74, 6) is 0. The van der Waals surface area contributed by atoms with Crippen LogP contribution >= 0.6 is 12.2 Å². The van der Waals surface area contributed by atoms with Gasteiger partial charge >= 0.3 is 0 Å². The molecular weight excluding hydrogens is 500 g/mol. The van der Waals surface area contributed by atoms with E-state index in [1.807, 2.05) is 47.2 Å². The van der Waals surface area contributed by atoms with Crippen molar-refractivity contribution in [2.24, 2.45) is 0 Å². The zero-order chi connectivity index (χ0) is 26.1. The first-order chi connectivity index (χ1) is 18.6. The number of pyridine rings is 1. The molecule has 2 aromatic heterocycles. The Morgan fingerprint density at radius 1 is 0.947 bits per heavy atom. The minimum absolute atomic E-state index is 0.0408. The second-order valence-electron chi connectivity index (χ2n) is 9.19. The first-order valence-electron chi connectivity index (χ1n) is 12.5. The number of anilines is 2.